The van der Waals surface area contributed by atoms with Gasteiger partial charge in [0.05, 0.1) is 0 Å². The third-order valence-electron chi connectivity index (χ3n) is 0.218. The number of hydrogen-bond donors (Lipinski definition) is 0. The van der Waals surface area contributed by atoms with E-state index in [2.05, 4.69) is 49.6 Å². The van der Waals surface area contributed by atoms with Gasteiger partial charge in [0.15, 0.2) is 0 Å². The van der Waals surface area contributed by atoms with Gasteiger partial charge in [-0.1, -0.05) is 22.6 Å². The Labute approximate surface area is 78.0 Å². The van der Waals surface area contributed by atoms with E-state index in [1.54, 1.807) is 0 Å². The Hall–Kier alpha value is 2.04. The van der Waals surface area contributed by atoms with Gasteiger partial charge >= 0.3 is 0 Å². The summed E-state index contributed by atoms with van der Waals surface area (Å²) in [6.45, 7) is 0. The van der Waals surface area contributed by atoms with Crippen molar-refractivity contribution in [2.24, 2.45) is 0 Å². The van der Waals surface area contributed by atoms with Gasteiger partial charge in [-0.3, -0.25) is 4.43 Å². The molecule has 0 aromatic heterocycles. The molecule has 0 amide bonds. The van der Waals surface area contributed by atoms with Crippen LogP contribution >= 0.6 is 45.2 Å². The monoisotopic (exact) mass is 346 g/mol. The summed E-state index contributed by atoms with van der Waals surface area (Å²) in [5.41, 5.74) is 0. The summed E-state index contributed by atoms with van der Waals surface area (Å²) >= 11 is 4.61. The van der Waals surface area contributed by atoms with Crippen LogP contribution in [0.2, 0.25) is 0 Å². The first-order chi connectivity index (χ1) is 2.41. The second-order valence-corrected chi connectivity index (χ2v) is 2.59. The molecule has 0 aliphatic carbocycles. The molecule has 1 radical (unpaired) electrons. The van der Waals surface area contributed by atoms with Crippen molar-refractivity contribution in [3.63, 3.8) is 0 Å². The summed E-state index contributed by atoms with van der Waals surface area (Å²) in [6.07, 6.45) is 1.24. The first-order valence-electron chi connectivity index (χ1n) is 1.39. The molecule has 0 saturated carbocycles. The topological polar surface area (TPSA) is 0 Å². The SMILES string of the molecule is I[CH-]CCI.[V]. The Balaban J connectivity index is 0. The first kappa shape index (κ1) is 10.9. The van der Waals surface area contributed by atoms with Crippen LogP contribution in [0.25, 0.3) is 0 Å². The van der Waals surface area contributed by atoms with E-state index in [9.17, 15) is 0 Å². The van der Waals surface area contributed by atoms with Crippen LogP contribution in [0, 0.1) is 4.43 Å². The van der Waals surface area contributed by atoms with E-state index in [0.29, 0.717) is 0 Å². The van der Waals surface area contributed by atoms with Gasteiger partial charge in [-0.2, -0.15) is 6.42 Å². The van der Waals surface area contributed by atoms with E-state index in [1.807, 2.05) is 0 Å². The normalized spacial score (nSPS) is 7.00. The summed E-state index contributed by atoms with van der Waals surface area (Å²) in [4.78, 5) is 0. The van der Waals surface area contributed by atoms with Gasteiger partial charge in [-0.05, 0) is 4.43 Å². The molecule has 37 valence electrons. The molecule has 0 nitrogen and oxygen atoms in total. The molecule has 0 saturated heterocycles. The summed E-state index contributed by atoms with van der Waals surface area (Å²) in [5.74, 6) is 0. The molecular formula is C3H5I2V-. The van der Waals surface area contributed by atoms with Crippen LogP contribution in [0.1, 0.15) is 6.42 Å². The Morgan fingerprint density at radius 2 is 2.00 bits per heavy atom. The zero-order valence-corrected chi connectivity index (χ0v) is 8.91. The quantitative estimate of drug-likeness (QED) is 0.409. The fourth-order valence-electron chi connectivity index (χ4n) is 0.0412. The molecule has 3 heteroatoms. The van der Waals surface area contributed by atoms with E-state index < -0.39 is 0 Å². The third-order valence-corrected chi connectivity index (χ3v) is 1.46. The predicted octanol–water partition coefficient (Wildman–Crippen LogP) is 2.41. The molecule has 0 rings (SSSR count). The molecule has 0 N–H and O–H groups in total. The molecule has 0 spiro atoms. The van der Waals surface area contributed by atoms with Crippen LogP contribution in [-0.2, 0) is 18.6 Å². The van der Waals surface area contributed by atoms with Gasteiger partial charge in [0, 0.05) is 18.6 Å². The van der Waals surface area contributed by atoms with Crippen LogP contribution < -0.4 is 0 Å². The second-order valence-electron chi connectivity index (χ2n) is 0.632. The predicted molar refractivity (Wildman–Crippen MR) is 41.8 cm³/mol. The Morgan fingerprint density at radius 3 is 2.00 bits per heavy atom. The maximum Gasteiger partial charge on any atom is 0 e. The number of rotatable bonds is 2. The third kappa shape index (κ3) is 9.40. The van der Waals surface area contributed by atoms with Crippen LogP contribution in [0.4, 0.5) is 0 Å². The molecule has 0 aliphatic heterocycles. The van der Waals surface area contributed by atoms with E-state index in [0.717, 1.165) is 0 Å². The maximum atomic E-state index is 2.35. The largest absolute Gasteiger partial charge is 0.316 e. The Bertz CT molecular complexity index is 16.3. The fourth-order valence-corrected chi connectivity index (χ4v) is 1.86. The van der Waals surface area contributed by atoms with Gasteiger partial charge in [0.25, 0.3) is 0 Å². The minimum absolute atomic E-state index is 0. The molecular weight excluding hydrogens is 341 g/mol. The van der Waals surface area contributed by atoms with Crippen LogP contribution in [0.5, 0.6) is 0 Å². The molecule has 6 heavy (non-hydrogen) atoms. The average Bonchev–Trinajstić information content (AvgIpc) is 1.41. The molecule has 0 fully saturated rings. The first-order valence-corrected chi connectivity index (χ1v) is 4.16. The van der Waals surface area contributed by atoms with Crippen molar-refractivity contribution < 1.29 is 18.6 Å². The van der Waals surface area contributed by atoms with Crippen molar-refractivity contribution >= 4 is 45.2 Å². The minimum Gasteiger partial charge on any atom is -0.316 e. The Kier molecular flexibility index (Phi) is 18.4. The van der Waals surface area contributed by atoms with Crippen molar-refractivity contribution in [1.82, 2.24) is 0 Å². The summed E-state index contributed by atoms with van der Waals surface area (Å²) < 4.78 is 3.39. The summed E-state index contributed by atoms with van der Waals surface area (Å²) in [5, 5.41) is 0. The van der Waals surface area contributed by atoms with Crippen molar-refractivity contribution in [1.29, 1.82) is 0 Å². The fraction of sp³-hybridized carbons (Fsp3) is 0.667. The molecule has 0 bridgehead atoms. The number of alkyl halides is 1. The van der Waals surface area contributed by atoms with E-state index >= 15 is 0 Å². The van der Waals surface area contributed by atoms with E-state index in [4.69, 9.17) is 0 Å². The van der Waals surface area contributed by atoms with Crippen LogP contribution in [0.15, 0.2) is 0 Å². The van der Waals surface area contributed by atoms with Gasteiger partial charge in [0.1, 0.15) is 0 Å². The minimum atomic E-state index is 0. The molecule has 0 aromatic carbocycles. The maximum absolute atomic E-state index is 2.35. The average molecular weight is 346 g/mol. The Morgan fingerprint density at radius 1 is 1.50 bits per heavy atom. The van der Waals surface area contributed by atoms with Crippen molar-refractivity contribution in [3.8, 4) is 0 Å². The van der Waals surface area contributed by atoms with Crippen molar-refractivity contribution in [3.05, 3.63) is 4.43 Å². The van der Waals surface area contributed by atoms with Crippen molar-refractivity contribution in [2.45, 2.75) is 6.42 Å². The van der Waals surface area contributed by atoms with Crippen molar-refractivity contribution in [2.75, 3.05) is 4.43 Å². The standard InChI is InChI=1S/C3H5I2.V/c4-2-1-3-5;/h2H,1,3H2;/q-1;. The van der Waals surface area contributed by atoms with E-state index in [1.165, 1.54) is 10.8 Å². The molecule has 0 atom stereocenters. The summed E-state index contributed by atoms with van der Waals surface area (Å²) in [6, 6.07) is 0. The zero-order valence-electron chi connectivity index (χ0n) is 3.19. The second kappa shape index (κ2) is 10.1. The number of hydrogen-bond acceptors (Lipinski definition) is 0. The molecule has 0 heterocycles. The van der Waals surface area contributed by atoms with Gasteiger partial charge in [-0.15, -0.1) is 0 Å². The summed E-state index contributed by atoms with van der Waals surface area (Å²) in [7, 11) is 0. The van der Waals surface area contributed by atoms with Crippen LogP contribution in [-0.4, -0.2) is 4.43 Å². The van der Waals surface area contributed by atoms with Gasteiger partial charge in [-0.25, -0.2) is 0 Å². The van der Waals surface area contributed by atoms with Gasteiger partial charge in [0.2, 0.25) is 0 Å². The molecule has 0 aromatic rings. The molecule has 0 aliphatic rings. The van der Waals surface area contributed by atoms with Crippen LogP contribution in [0.3, 0.4) is 0 Å². The molecule has 0 unspecified atom stereocenters. The van der Waals surface area contributed by atoms with E-state index in [-0.39, 0.29) is 18.6 Å². The number of halogens is 2. The smallest absolute Gasteiger partial charge is 0 e. The zero-order chi connectivity index (χ0) is 4.12. The van der Waals surface area contributed by atoms with Gasteiger partial charge < -0.3 is 22.6 Å².